The highest BCUT2D eigenvalue weighted by molar-refractivity contribution is 14.0. The molecule has 1 aromatic carbocycles. The van der Waals surface area contributed by atoms with Gasteiger partial charge in [-0.05, 0) is 38.1 Å². The molecule has 1 aromatic heterocycles. The molecule has 1 unspecified atom stereocenters. The van der Waals surface area contributed by atoms with Crippen molar-refractivity contribution in [1.82, 2.24) is 10.6 Å². The van der Waals surface area contributed by atoms with Crippen LogP contribution in [-0.4, -0.2) is 38.2 Å². The summed E-state index contributed by atoms with van der Waals surface area (Å²) >= 11 is 0. The number of nitrogens with zero attached hydrogens (tertiary/aromatic N) is 1. The molecule has 1 heterocycles. The van der Waals surface area contributed by atoms with Crippen LogP contribution in [0, 0.1) is 0 Å². The second kappa shape index (κ2) is 12.1. The lowest BCUT2D eigenvalue weighted by atomic mass is 10.3. The SMILES string of the molecule is CCNC(=NCc1ccc(C(N)=O)o1)NCC(C)Oc1ccccc1OC.I. The Bertz CT molecular complexity index is 779. The number of aliphatic imine (C=N–C) groups is 1. The Morgan fingerprint density at radius 3 is 2.54 bits per heavy atom. The summed E-state index contributed by atoms with van der Waals surface area (Å²) in [5.41, 5.74) is 5.18. The second-order valence-electron chi connectivity index (χ2n) is 5.79. The summed E-state index contributed by atoms with van der Waals surface area (Å²) in [6.45, 7) is 5.45. The third-order valence-electron chi connectivity index (χ3n) is 3.60. The normalized spacial score (nSPS) is 11.9. The number of furan rings is 1. The molecule has 0 spiro atoms. The van der Waals surface area contributed by atoms with Gasteiger partial charge in [-0.1, -0.05) is 12.1 Å². The third kappa shape index (κ3) is 7.29. The molecule has 9 heteroatoms. The number of hydrogen-bond acceptors (Lipinski definition) is 5. The molecule has 0 saturated heterocycles. The Morgan fingerprint density at radius 2 is 1.93 bits per heavy atom. The zero-order chi connectivity index (χ0) is 19.6. The predicted molar refractivity (Wildman–Crippen MR) is 119 cm³/mol. The van der Waals surface area contributed by atoms with E-state index in [9.17, 15) is 4.79 Å². The molecule has 4 N–H and O–H groups in total. The quantitative estimate of drug-likeness (QED) is 0.276. The Labute approximate surface area is 181 Å². The molecule has 8 nitrogen and oxygen atoms in total. The average molecular weight is 502 g/mol. The van der Waals surface area contributed by atoms with Crippen molar-refractivity contribution in [3.8, 4) is 11.5 Å². The highest BCUT2D eigenvalue weighted by Crippen LogP contribution is 2.26. The first-order valence-electron chi connectivity index (χ1n) is 8.73. The van der Waals surface area contributed by atoms with Gasteiger partial charge in [-0.2, -0.15) is 0 Å². The topological polar surface area (TPSA) is 111 Å². The molecule has 28 heavy (non-hydrogen) atoms. The van der Waals surface area contributed by atoms with E-state index in [2.05, 4.69) is 15.6 Å². The number of guanidine groups is 1. The third-order valence-corrected chi connectivity index (χ3v) is 3.60. The summed E-state index contributed by atoms with van der Waals surface area (Å²) in [6.07, 6.45) is -0.116. The molecule has 0 aliphatic rings. The Hall–Kier alpha value is -2.43. The Morgan fingerprint density at radius 1 is 1.21 bits per heavy atom. The van der Waals surface area contributed by atoms with Gasteiger partial charge in [0.15, 0.2) is 23.2 Å². The maximum atomic E-state index is 11.1. The first-order chi connectivity index (χ1) is 13.0. The van der Waals surface area contributed by atoms with Crippen LogP contribution in [0.5, 0.6) is 11.5 Å². The summed E-state index contributed by atoms with van der Waals surface area (Å²) in [6, 6.07) is 10.7. The summed E-state index contributed by atoms with van der Waals surface area (Å²) in [5.74, 6) is 2.07. The average Bonchev–Trinajstić information content (AvgIpc) is 3.14. The molecule has 2 rings (SSSR count). The number of hydrogen-bond donors (Lipinski definition) is 3. The number of benzene rings is 1. The smallest absolute Gasteiger partial charge is 0.284 e. The van der Waals surface area contributed by atoms with E-state index in [1.165, 1.54) is 6.07 Å². The Balaban J connectivity index is 0.00000392. The van der Waals surface area contributed by atoms with Crippen molar-refractivity contribution in [2.24, 2.45) is 10.7 Å². The van der Waals surface area contributed by atoms with Crippen LogP contribution in [0.1, 0.15) is 30.2 Å². The fourth-order valence-electron chi connectivity index (χ4n) is 2.31. The zero-order valence-corrected chi connectivity index (χ0v) is 18.6. The molecule has 0 bridgehead atoms. The molecule has 0 aliphatic carbocycles. The van der Waals surface area contributed by atoms with E-state index in [4.69, 9.17) is 19.6 Å². The van der Waals surface area contributed by atoms with Gasteiger partial charge in [0.25, 0.3) is 5.91 Å². The minimum atomic E-state index is -0.599. The lowest BCUT2D eigenvalue weighted by Gasteiger charge is -2.18. The zero-order valence-electron chi connectivity index (χ0n) is 16.2. The van der Waals surface area contributed by atoms with Crippen LogP contribution in [0.4, 0.5) is 0 Å². The van der Waals surface area contributed by atoms with Crippen molar-refractivity contribution in [3.63, 3.8) is 0 Å². The van der Waals surface area contributed by atoms with Gasteiger partial charge < -0.3 is 30.3 Å². The van der Waals surface area contributed by atoms with Gasteiger partial charge in [0.1, 0.15) is 18.4 Å². The number of methoxy groups -OCH3 is 1. The number of nitrogens with two attached hydrogens (primary N) is 1. The van der Waals surface area contributed by atoms with Gasteiger partial charge in [-0.3, -0.25) is 4.79 Å². The van der Waals surface area contributed by atoms with Crippen LogP contribution in [-0.2, 0) is 6.54 Å². The van der Waals surface area contributed by atoms with E-state index in [-0.39, 0.29) is 42.4 Å². The number of halogens is 1. The fraction of sp³-hybridized carbons (Fsp3) is 0.368. The van der Waals surface area contributed by atoms with E-state index < -0.39 is 5.91 Å². The summed E-state index contributed by atoms with van der Waals surface area (Å²) in [4.78, 5) is 15.5. The number of amides is 1. The number of rotatable bonds is 9. The summed E-state index contributed by atoms with van der Waals surface area (Å²) < 4.78 is 16.5. The number of carbonyl (C=O) groups is 1. The molecule has 1 atom stereocenters. The van der Waals surface area contributed by atoms with Crippen LogP contribution in [0.3, 0.4) is 0 Å². The highest BCUT2D eigenvalue weighted by Gasteiger charge is 2.10. The van der Waals surface area contributed by atoms with Crippen molar-refractivity contribution in [1.29, 1.82) is 0 Å². The molecule has 0 aliphatic heterocycles. The van der Waals surface area contributed by atoms with E-state index in [1.807, 2.05) is 38.1 Å². The van der Waals surface area contributed by atoms with Crippen LogP contribution in [0.15, 0.2) is 45.8 Å². The lowest BCUT2D eigenvalue weighted by Crippen LogP contribution is -2.41. The summed E-state index contributed by atoms with van der Waals surface area (Å²) in [7, 11) is 1.61. The van der Waals surface area contributed by atoms with Crippen LogP contribution < -0.4 is 25.8 Å². The van der Waals surface area contributed by atoms with Gasteiger partial charge in [-0.15, -0.1) is 24.0 Å². The van der Waals surface area contributed by atoms with Crippen molar-refractivity contribution in [2.75, 3.05) is 20.2 Å². The van der Waals surface area contributed by atoms with Crippen LogP contribution in [0.25, 0.3) is 0 Å². The molecular formula is C19H27IN4O4. The van der Waals surface area contributed by atoms with Gasteiger partial charge in [0.2, 0.25) is 0 Å². The standard InChI is InChI=1S/C19H26N4O4.HI/c1-4-21-19(23-12-14-9-10-17(27-14)18(20)24)22-11-13(2)26-16-8-6-5-7-15(16)25-3;/h5-10,13H,4,11-12H2,1-3H3,(H2,20,24)(H2,21,22,23);1H. The number of carbonyl (C=O) groups excluding carboxylic acids is 1. The van der Waals surface area contributed by atoms with Crippen molar-refractivity contribution < 1.29 is 18.7 Å². The minimum Gasteiger partial charge on any atom is -0.493 e. The number of primary amides is 1. The lowest BCUT2D eigenvalue weighted by molar-refractivity contribution is 0.0972. The molecule has 2 aromatic rings. The molecule has 154 valence electrons. The van der Waals surface area contributed by atoms with Crippen molar-refractivity contribution in [3.05, 3.63) is 47.9 Å². The monoisotopic (exact) mass is 502 g/mol. The maximum absolute atomic E-state index is 11.1. The predicted octanol–water partition coefficient (Wildman–Crippen LogP) is 2.53. The van der Waals surface area contributed by atoms with Crippen LogP contribution in [0.2, 0.25) is 0 Å². The van der Waals surface area contributed by atoms with E-state index in [1.54, 1.807) is 13.2 Å². The maximum Gasteiger partial charge on any atom is 0.284 e. The fourth-order valence-corrected chi connectivity index (χ4v) is 2.31. The first kappa shape index (κ1) is 23.6. The number of nitrogens with one attached hydrogen (secondary N) is 2. The van der Waals surface area contributed by atoms with E-state index in [0.717, 1.165) is 0 Å². The van der Waals surface area contributed by atoms with Crippen LogP contribution >= 0.6 is 24.0 Å². The van der Waals surface area contributed by atoms with Gasteiger partial charge >= 0.3 is 0 Å². The number of ether oxygens (including phenoxy) is 2. The van der Waals surface area contributed by atoms with E-state index in [0.29, 0.717) is 36.3 Å². The van der Waals surface area contributed by atoms with Gasteiger partial charge in [0.05, 0.1) is 13.7 Å². The van der Waals surface area contributed by atoms with Crippen molar-refractivity contribution in [2.45, 2.75) is 26.5 Å². The van der Waals surface area contributed by atoms with Crippen molar-refractivity contribution >= 4 is 35.8 Å². The molecule has 1 amide bonds. The van der Waals surface area contributed by atoms with E-state index >= 15 is 0 Å². The number of para-hydroxylation sites is 2. The second-order valence-corrected chi connectivity index (χ2v) is 5.79. The first-order valence-corrected chi connectivity index (χ1v) is 8.73. The Kier molecular flexibility index (Phi) is 10.2. The molecule has 0 fully saturated rings. The largest absolute Gasteiger partial charge is 0.493 e. The van der Waals surface area contributed by atoms with Gasteiger partial charge in [-0.25, -0.2) is 4.99 Å². The minimum absolute atomic E-state index is 0. The summed E-state index contributed by atoms with van der Waals surface area (Å²) in [5, 5.41) is 6.37. The molecule has 0 radical (unpaired) electrons. The highest BCUT2D eigenvalue weighted by atomic mass is 127. The molecular weight excluding hydrogens is 475 g/mol. The van der Waals surface area contributed by atoms with Gasteiger partial charge in [0, 0.05) is 6.54 Å². The molecule has 0 saturated carbocycles.